The second-order valence-electron chi connectivity index (χ2n) is 9.50. The zero-order valence-electron chi connectivity index (χ0n) is 17.0. The molecule has 25 heavy (non-hydrogen) atoms. The minimum absolute atomic E-state index is 0.621. The molecule has 3 atom stereocenters. The average Bonchev–Trinajstić information content (AvgIpc) is 3.02. The van der Waals surface area contributed by atoms with Crippen LogP contribution in [-0.4, -0.2) is 16.0 Å². The van der Waals surface area contributed by atoms with Crippen LogP contribution in [0.3, 0.4) is 0 Å². The highest BCUT2D eigenvalue weighted by Crippen LogP contribution is 2.60. The molecule has 2 heteroatoms. The molecule has 3 unspecified atom stereocenters. The molecule has 0 aromatic heterocycles. The first-order valence-corrected chi connectivity index (χ1v) is 13.0. The van der Waals surface area contributed by atoms with Gasteiger partial charge in [0.1, 0.15) is 0 Å². The Labute approximate surface area is 160 Å². The Morgan fingerprint density at radius 1 is 0.800 bits per heavy atom. The third kappa shape index (κ3) is 4.43. The van der Waals surface area contributed by atoms with E-state index in [9.17, 15) is 0 Å². The van der Waals surface area contributed by atoms with Crippen LogP contribution in [0.5, 0.6) is 0 Å². The Bertz CT molecular complexity index is 488. The summed E-state index contributed by atoms with van der Waals surface area (Å²) in [4.78, 5) is 0. The maximum Gasteiger partial charge on any atom is 0.0202 e. The van der Waals surface area contributed by atoms with Crippen LogP contribution in [0.15, 0.2) is 23.5 Å². The van der Waals surface area contributed by atoms with Gasteiger partial charge in [0.05, 0.1) is 0 Å². The quantitative estimate of drug-likeness (QED) is 0.412. The van der Waals surface area contributed by atoms with Gasteiger partial charge < -0.3 is 0 Å². The zero-order chi connectivity index (χ0) is 17.9. The van der Waals surface area contributed by atoms with Crippen molar-refractivity contribution in [2.24, 2.45) is 11.8 Å². The van der Waals surface area contributed by atoms with Crippen LogP contribution in [0.2, 0.25) is 0 Å². The molecule has 142 valence electrons. The molecule has 0 nitrogen and oxygen atoms in total. The lowest BCUT2D eigenvalue weighted by Gasteiger charge is -2.45. The van der Waals surface area contributed by atoms with Gasteiger partial charge >= 0.3 is 0 Å². The maximum absolute atomic E-state index is 2.57. The highest BCUT2D eigenvalue weighted by Gasteiger charge is 2.41. The molecule has 0 saturated heterocycles. The van der Waals surface area contributed by atoms with Crippen molar-refractivity contribution in [2.75, 3.05) is 0 Å². The van der Waals surface area contributed by atoms with Crippen LogP contribution in [0.25, 0.3) is 0 Å². The third-order valence-corrected chi connectivity index (χ3v) is 12.5. The van der Waals surface area contributed by atoms with E-state index in [2.05, 4.69) is 45.9 Å². The molecule has 0 aromatic carbocycles. The molecular formula is C23H40P2. The lowest BCUT2D eigenvalue weighted by molar-refractivity contribution is 0.314. The van der Waals surface area contributed by atoms with Crippen LogP contribution in [0, 0.1) is 11.8 Å². The summed E-state index contributed by atoms with van der Waals surface area (Å²) in [5.41, 5.74) is 0.774. The predicted octanol–water partition coefficient (Wildman–Crippen LogP) is 7.88. The zero-order valence-corrected chi connectivity index (χ0v) is 19.0. The Morgan fingerprint density at radius 3 is 1.84 bits per heavy atom. The molecule has 0 aliphatic heterocycles. The van der Waals surface area contributed by atoms with Gasteiger partial charge in [0.15, 0.2) is 0 Å². The minimum atomic E-state index is 0.621. The normalized spacial score (nSPS) is 29.5. The molecule has 2 saturated carbocycles. The van der Waals surface area contributed by atoms with Gasteiger partial charge in [0, 0.05) is 5.66 Å². The molecule has 0 spiro atoms. The first kappa shape index (κ1) is 20.1. The Balaban J connectivity index is 1.72. The standard InChI is InChI=1S/C23H40P2/c1-18(2)22(14-7-5-8-15-22)24-20-12-11-13-21(20)25-23(19(3)4)16-9-6-10-17-23/h11-13,18-20,24-25H,5-10,14-17H2,1-4H3. The van der Waals surface area contributed by atoms with Crippen LogP contribution in [0.4, 0.5) is 0 Å². The van der Waals surface area contributed by atoms with E-state index >= 15 is 0 Å². The fourth-order valence-corrected chi connectivity index (χ4v) is 9.81. The largest absolute Gasteiger partial charge is 0.104 e. The summed E-state index contributed by atoms with van der Waals surface area (Å²) in [7, 11) is 2.19. The van der Waals surface area contributed by atoms with Gasteiger partial charge in [-0.05, 0) is 53.1 Å². The summed E-state index contributed by atoms with van der Waals surface area (Å²) in [5.74, 6) is 1.68. The molecular weight excluding hydrogens is 338 g/mol. The molecule has 0 aromatic rings. The number of hydrogen-bond acceptors (Lipinski definition) is 0. The molecule has 3 rings (SSSR count). The van der Waals surface area contributed by atoms with Gasteiger partial charge in [-0.2, -0.15) is 0 Å². The van der Waals surface area contributed by atoms with Gasteiger partial charge in [0.2, 0.25) is 0 Å². The third-order valence-electron chi connectivity index (χ3n) is 7.45. The van der Waals surface area contributed by atoms with Crippen molar-refractivity contribution >= 4 is 17.2 Å². The number of rotatable bonds is 6. The molecule has 2 fully saturated rings. The fourth-order valence-electron chi connectivity index (χ4n) is 5.42. The van der Waals surface area contributed by atoms with E-state index in [0.29, 0.717) is 10.3 Å². The summed E-state index contributed by atoms with van der Waals surface area (Å²) in [6.07, 6.45) is 22.2. The van der Waals surface area contributed by atoms with E-state index in [-0.39, 0.29) is 0 Å². The van der Waals surface area contributed by atoms with Crippen molar-refractivity contribution in [2.45, 2.75) is 108 Å². The van der Waals surface area contributed by atoms with Crippen molar-refractivity contribution in [1.82, 2.24) is 0 Å². The van der Waals surface area contributed by atoms with E-state index in [1.165, 1.54) is 64.2 Å². The van der Waals surface area contributed by atoms with Gasteiger partial charge in [-0.1, -0.05) is 93.0 Å². The predicted molar refractivity (Wildman–Crippen MR) is 119 cm³/mol. The Hall–Kier alpha value is 0.340. The number of allylic oxidation sites excluding steroid dienone is 4. The van der Waals surface area contributed by atoms with E-state index in [4.69, 9.17) is 0 Å². The SMILES string of the molecule is CC(C)C1(PC2=CC=CC2PC2(C(C)C)CCCCC2)CCCCC1. The molecule has 3 aliphatic carbocycles. The van der Waals surface area contributed by atoms with E-state index < -0.39 is 0 Å². The fraction of sp³-hybridized carbons (Fsp3) is 0.826. The van der Waals surface area contributed by atoms with E-state index in [1.807, 2.05) is 5.31 Å². The molecule has 0 N–H and O–H groups in total. The van der Waals surface area contributed by atoms with Crippen LogP contribution in [-0.2, 0) is 0 Å². The first-order valence-electron chi connectivity index (χ1n) is 10.9. The van der Waals surface area contributed by atoms with Gasteiger partial charge in [0.25, 0.3) is 0 Å². The summed E-state index contributed by atoms with van der Waals surface area (Å²) >= 11 is 0. The van der Waals surface area contributed by atoms with Gasteiger partial charge in [-0.25, -0.2) is 0 Å². The van der Waals surface area contributed by atoms with Crippen molar-refractivity contribution in [3.8, 4) is 0 Å². The Kier molecular flexibility index (Phi) is 6.88. The highest BCUT2D eigenvalue weighted by atomic mass is 31.1. The van der Waals surface area contributed by atoms with Crippen molar-refractivity contribution in [3.63, 3.8) is 0 Å². The Morgan fingerprint density at radius 2 is 1.32 bits per heavy atom. The van der Waals surface area contributed by atoms with Crippen molar-refractivity contribution in [1.29, 1.82) is 0 Å². The van der Waals surface area contributed by atoms with Gasteiger partial charge in [-0.15, -0.1) is 8.58 Å². The first-order chi connectivity index (χ1) is 12.0. The van der Waals surface area contributed by atoms with E-state index in [1.54, 1.807) is 0 Å². The summed E-state index contributed by atoms with van der Waals surface area (Å²) in [5, 5.41) is 3.08. The van der Waals surface area contributed by atoms with Gasteiger partial charge in [-0.3, -0.25) is 0 Å². The molecule has 0 radical (unpaired) electrons. The molecule has 0 bridgehead atoms. The average molecular weight is 379 g/mol. The molecule has 0 heterocycles. The summed E-state index contributed by atoms with van der Waals surface area (Å²) in [6, 6.07) is 0. The molecule has 0 amide bonds. The minimum Gasteiger partial charge on any atom is -0.104 e. The smallest absolute Gasteiger partial charge is 0.0202 e. The molecule has 3 aliphatic rings. The van der Waals surface area contributed by atoms with Crippen LogP contribution in [0.1, 0.15) is 91.9 Å². The van der Waals surface area contributed by atoms with Crippen LogP contribution < -0.4 is 0 Å². The van der Waals surface area contributed by atoms with Crippen molar-refractivity contribution in [3.05, 3.63) is 23.5 Å². The van der Waals surface area contributed by atoms with Crippen molar-refractivity contribution < 1.29 is 0 Å². The second kappa shape index (κ2) is 8.57. The highest BCUT2D eigenvalue weighted by molar-refractivity contribution is 7.49. The lowest BCUT2D eigenvalue weighted by Crippen LogP contribution is -2.35. The topological polar surface area (TPSA) is 0 Å². The number of hydrogen-bond donors (Lipinski definition) is 0. The summed E-state index contributed by atoms with van der Waals surface area (Å²) < 4.78 is 0. The summed E-state index contributed by atoms with van der Waals surface area (Å²) in [6.45, 7) is 9.99. The van der Waals surface area contributed by atoms with E-state index in [0.717, 1.165) is 34.7 Å². The second-order valence-corrected chi connectivity index (χ2v) is 13.2. The monoisotopic (exact) mass is 378 g/mol. The lowest BCUT2D eigenvalue weighted by atomic mass is 9.80. The maximum atomic E-state index is 2.57. The van der Waals surface area contributed by atoms with Crippen LogP contribution >= 0.6 is 17.2 Å².